The molecule has 0 spiro atoms. The second-order valence-electron chi connectivity index (χ2n) is 5.63. The number of rotatable bonds is 6. The average Bonchev–Trinajstić information content (AvgIpc) is 3.07. The normalized spacial score (nSPS) is 11.4. The van der Waals surface area contributed by atoms with Gasteiger partial charge in [-0.3, -0.25) is 0 Å². The van der Waals surface area contributed by atoms with Crippen molar-refractivity contribution in [2.45, 2.75) is 0 Å². The summed E-state index contributed by atoms with van der Waals surface area (Å²) < 4.78 is 10.4. The zero-order valence-electron chi connectivity index (χ0n) is 14.5. The highest BCUT2D eigenvalue weighted by Crippen LogP contribution is 2.38. The Kier molecular flexibility index (Phi) is 5.61. The van der Waals surface area contributed by atoms with Crippen molar-refractivity contribution in [1.29, 1.82) is 0 Å². The first kappa shape index (κ1) is 18.4. The fraction of sp³-hybridized carbons (Fsp3) is 0.235. The number of nitrogens with zero attached hydrogens (tertiary/aromatic N) is 4. The number of aromatic amines is 1. The lowest BCUT2D eigenvalue weighted by atomic mass is 10.1. The molecule has 0 saturated carbocycles. The van der Waals surface area contributed by atoms with Gasteiger partial charge < -0.3 is 19.4 Å². The van der Waals surface area contributed by atoms with Gasteiger partial charge in [0.1, 0.15) is 11.4 Å². The molecule has 1 N–H and O–H groups in total. The number of fused-ring (bicyclic) bond motifs is 1. The van der Waals surface area contributed by atoms with Crippen LogP contribution in [0.25, 0.3) is 22.3 Å². The van der Waals surface area contributed by atoms with Gasteiger partial charge in [0.25, 0.3) is 5.95 Å². The van der Waals surface area contributed by atoms with E-state index in [9.17, 15) is 0 Å². The third-order valence-electron chi connectivity index (χ3n) is 3.41. The summed E-state index contributed by atoms with van der Waals surface area (Å²) in [6.07, 6.45) is 3.42. The van der Waals surface area contributed by atoms with E-state index in [0.717, 1.165) is 11.0 Å². The topological polar surface area (TPSA) is 75.6 Å². The van der Waals surface area contributed by atoms with Gasteiger partial charge in [0.15, 0.2) is 6.79 Å². The molecule has 0 fully saturated rings. The van der Waals surface area contributed by atoms with Crippen LogP contribution in [0.15, 0.2) is 29.4 Å². The van der Waals surface area contributed by atoms with Gasteiger partial charge in [-0.15, -0.1) is 0 Å². The van der Waals surface area contributed by atoms with Gasteiger partial charge in [0.2, 0.25) is 0 Å². The molecule has 136 valence electrons. The fourth-order valence-electron chi connectivity index (χ4n) is 2.30. The molecule has 0 saturated heterocycles. The third-order valence-corrected chi connectivity index (χ3v) is 4.02. The lowest BCUT2D eigenvalue weighted by Crippen LogP contribution is -2.07. The number of methoxy groups -OCH3 is 1. The minimum atomic E-state index is 0.0703. The minimum Gasteiger partial charge on any atom is -0.466 e. The molecule has 3 aromatic rings. The molecule has 0 aliphatic carbocycles. The first-order valence-corrected chi connectivity index (χ1v) is 8.42. The lowest BCUT2D eigenvalue weighted by molar-refractivity contribution is 0.0512. The number of halogens is 2. The summed E-state index contributed by atoms with van der Waals surface area (Å²) in [4.78, 5) is 18.2. The van der Waals surface area contributed by atoms with E-state index in [1.165, 1.54) is 7.11 Å². The molecule has 26 heavy (non-hydrogen) atoms. The summed E-state index contributed by atoms with van der Waals surface area (Å²) in [7, 11) is 5.27. The van der Waals surface area contributed by atoms with Crippen LogP contribution < -0.4 is 4.74 Å². The van der Waals surface area contributed by atoms with Crippen LogP contribution in [0.1, 0.15) is 0 Å². The van der Waals surface area contributed by atoms with Crippen LogP contribution in [0.2, 0.25) is 10.0 Å². The maximum atomic E-state index is 6.43. The lowest BCUT2D eigenvalue weighted by Gasteiger charge is -2.12. The maximum Gasteiger partial charge on any atom is 0.252 e. The molecule has 0 radical (unpaired) electrons. The molecule has 0 aliphatic rings. The molecule has 0 atom stereocenters. The SMILES string of the molecule is COCOc1cc(-c2nc(/N=C\N(C)C)nc3cc[nH]c23)c(Cl)cc1Cl. The quantitative estimate of drug-likeness (QED) is 0.387. The summed E-state index contributed by atoms with van der Waals surface area (Å²) in [6.45, 7) is 0.0703. The highest BCUT2D eigenvalue weighted by Gasteiger charge is 2.16. The molecule has 7 nitrogen and oxygen atoms in total. The molecular formula is C17H17Cl2N5O2. The molecule has 0 bridgehead atoms. The van der Waals surface area contributed by atoms with E-state index >= 15 is 0 Å². The zero-order chi connectivity index (χ0) is 18.7. The van der Waals surface area contributed by atoms with Gasteiger partial charge >= 0.3 is 0 Å². The Labute approximate surface area is 160 Å². The number of nitrogens with one attached hydrogen (secondary N) is 1. The smallest absolute Gasteiger partial charge is 0.252 e. The van der Waals surface area contributed by atoms with Gasteiger partial charge in [0.05, 0.1) is 27.4 Å². The Morgan fingerprint density at radius 2 is 2.04 bits per heavy atom. The standard InChI is InChI=1S/C17H17Cl2N5O2/c1-24(2)8-21-17-22-13-4-5-20-16(13)15(23-17)10-6-14(26-9-25-3)12(19)7-11(10)18/h4-8,20H,9H2,1-3H3/b21-8-. The van der Waals surface area contributed by atoms with Crippen LogP contribution in [0.5, 0.6) is 5.75 Å². The number of H-pyrrole nitrogens is 1. The summed E-state index contributed by atoms with van der Waals surface area (Å²) >= 11 is 12.6. The molecular weight excluding hydrogens is 377 g/mol. The molecule has 0 aliphatic heterocycles. The maximum absolute atomic E-state index is 6.43. The van der Waals surface area contributed by atoms with E-state index < -0.39 is 0 Å². The first-order valence-electron chi connectivity index (χ1n) is 7.66. The van der Waals surface area contributed by atoms with Gasteiger partial charge in [-0.05, 0) is 18.2 Å². The van der Waals surface area contributed by atoms with E-state index in [-0.39, 0.29) is 6.79 Å². The second-order valence-corrected chi connectivity index (χ2v) is 6.45. The Balaban J connectivity index is 2.16. The molecule has 0 unspecified atom stereocenters. The predicted molar refractivity (Wildman–Crippen MR) is 104 cm³/mol. The zero-order valence-corrected chi connectivity index (χ0v) is 16.0. The van der Waals surface area contributed by atoms with E-state index in [0.29, 0.717) is 33.0 Å². The molecule has 0 amide bonds. The first-order chi connectivity index (χ1) is 12.5. The minimum absolute atomic E-state index is 0.0703. The van der Waals surface area contributed by atoms with Crippen LogP contribution in [0.3, 0.4) is 0 Å². The van der Waals surface area contributed by atoms with E-state index in [1.54, 1.807) is 29.6 Å². The van der Waals surface area contributed by atoms with Crippen molar-refractivity contribution >= 4 is 46.5 Å². The summed E-state index contributed by atoms with van der Waals surface area (Å²) in [6, 6.07) is 5.19. The van der Waals surface area contributed by atoms with Crippen molar-refractivity contribution < 1.29 is 9.47 Å². The highest BCUT2D eigenvalue weighted by atomic mass is 35.5. The monoisotopic (exact) mass is 393 g/mol. The van der Waals surface area contributed by atoms with Gasteiger partial charge in [0, 0.05) is 33.0 Å². The van der Waals surface area contributed by atoms with Crippen molar-refractivity contribution in [3.8, 4) is 17.0 Å². The van der Waals surface area contributed by atoms with Crippen molar-refractivity contribution in [1.82, 2.24) is 19.9 Å². The number of aromatic nitrogens is 3. The number of hydrogen-bond donors (Lipinski definition) is 1. The summed E-state index contributed by atoms with van der Waals surface area (Å²) in [5.74, 6) is 0.774. The van der Waals surface area contributed by atoms with Crippen molar-refractivity contribution in [2.75, 3.05) is 28.0 Å². The summed E-state index contributed by atoms with van der Waals surface area (Å²) in [5.41, 5.74) is 2.73. The number of hydrogen-bond acceptors (Lipinski definition) is 5. The number of ether oxygens (including phenoxy) is 2. The second kappa shape index (κ2) is 7.90. The van der Waals surface area contributed by atoms with Gasteiger partial charge in [-0.2, -0.15) is 0 Å². The van der Waals surface area contributed by atoms with Crippen LogP contribution in [-0.2, 0) is 4.74 Å². The average molecular weight is 394 g/mol. The van der Waals surface area contributed by atoms with Crippen molar-refractivity contribution in [3.05, 3.63) is 34.4 Å². The largest absolute Gasteiger partial charge is 0.466 e. The molecule has 2 heterocycles. The van der Waals surface area contributed by atoms with Crippen LogP contribution >= 0.6 is 23.2 Å². The van der Waals surface area contributed by atoms with E-state index in [2.05, 4.69) is 19.9 Å². The van der Waals surface area contributed by atoms with Crippen molar-refractivity contribution in [2.24, 2.45) is 4.99 Å². The molecule has 1 aromatic carbocycles. The van der Waals surface area contributed by atoms with Crippen molar-refractivity contribution in [3.63, 3.8) is 0 Å². The molecule has 3 rings (SSSR count). The molecule has 2 aromatic heterocycles. The van der Waals surface area contributed by atoms with E-state index in [1.807, 2.05) is 20.2 Å². The Morgan fingerprint density at radius 1 is 1.23 bits per heavy atom. The van der Waals surface area contributed by atoms with Gasteiger partial charge in [-0.1, -0.05) is 23.2 Å². The fourth-order valence-corrected chi connectivity index (χ4v) is 2.82. The Morgan fingerprint density at radius 3 is 2.77 bits per heavy atom. The number of aliphatic imine (C=N–C) groups is 1. The summed E-state index contributed by atoms with van der Waals surface area (Å²) in [5, 5.41) is 0.829. The van der Waals surface area contributed by atoms with Crippen LogP contribution in [0, 0.1) is 0 Å². The van der Waals surface area contributed by atoms with Gasteiger partial charge in [-0.25, -0.2) is 15.0 Å². The van der Waals surface area contributed by atoms with E-state index in [4.69, 9.17) is 32.7 Å². The van der Waals surface area contributed by atoms with Crippen LogP contribution in [0.4, 0.5) is 5.95 Å². The predicted octanol–water partition coefficient (Wildman–Crippen LogP) is 4.14. The third kappa shape index (κ3) is 3.90. The highest BCUT2D eigenvalue weighted by molar-refractivity contribution is 6.37. The Bertz CT molecular complexity index is 956. The Hall–Kier alpha value is -2.35. The number of benzene rings is 1. The molecule has 9 heteroatoms. The van der Waals surface area contributed by atoms with Crippen LogP contribution in [-0.4, -0.2) is 54.2 Å².